The van der Waals surface area contributed by atoms with Crippen LogP contribution in [0.5, 0.6) is 5.75 Å². The predicted molar refractivity (Wildman–Crippen MR) is 62.1 cm³/mol. The summed E-state index contributed by atoms with van der Waals surface area (Å²) in [5, 5.41) is 13.0. The molecule has 1 unspecified atom stereocenters. The van der Waals surface area contributed by atoms with Gasteiger partial charge in [0.15, 0.2) is 0 Å². The molecule has 0 amide bonds. The highest BCUT2D eigenvalue weighted by molar-refractivity contribution is 5.35. The Bertz CT molecular complexity index is 340. The molecule has 2 heteroatoms. The summed E-state index contributed by atoms with van der Waals surface area (Å²) < 4.78 is 0. The molecule has 82 valence electrons. The number of benzene rings is 1. The number of hydrogen-bond donors (Lipinski definition) is 2. The summed E-state index contributed by atoms with van der Waals surface area (Å²) in [6.07, 6.45) is 1.16. The Morgan fingerprint density at radius 1 is 1.40 bits per heavy atom. The maximum Gasteiger partial charge on any atom is 0.115 e. The van der Waals surface area contributed by atoms with Crippen LogP contribution in [0.2, 0.25) is 0 Å². The van der Waals surface area contributed by atoms with E-state index >= 15 is 0 Å². The van der Waals surface area contributed by atoms with Crippen LogP contribution >= 0.6 is 0 Å². The zero-order chi connectivity index (χ0) is 10.9. The van der Waals surface area contributed by atoms with Crippen LogP contribution in [0.25, 0.3) is 0 Å². The van der Waals surface area contributed by atoms with Crippen molar-refractivity contribution in [2.75, 3.05) is 13.1 Å². The highest BCUT2D eigenvalue weighted by atomic mass is 16.3. The van der Waals surface area contributed by atoms with E-state index in [1.54, 1.807) is 6.07 Å². The fraction of sp³-hybridized carbons (Fsp3) is 0.538. The smallest absolute Gasteiger partial charge is 0.115 e. The van der Waals surface area contributed by atoms with Gasteiger partial charge in [-0.15, -0.1) is 0 Å². The van der Waals surface area contributed by atoms with Crippen molar-refractivity contribution in [2.45, 2.75) is 25.7 Å². The summed E-state index contributed by atoms with van der Waals surface area (Å²) in [5.41, 5.74) is 1.47. The maximum atomic E-state index is 9.55. The van der Waals surface area contributed by atoms with Crippen LogP contribution in [0.1, 0.15) is 25.8 Å². The molecule has 1 aliphatic heterocycles. The van der Waals surface area contributed by atoms with Gasteiger partial charge in [0.05, 0.1) is 0 Å². The number of nitrogens with one attached hydrogen (secondary N) is 1. The van der Waals surface area contributed by atoms with Gasteiger partial charge in [-0.25, -0.2) is 0 Å². The third-order valence-corrected chi connectivity index (χ3v) is 3.71. The molecule has 1 atom stereocenters. The van der Waals surface area contributed by atoms with Gasteiger partial charge in [-0.05, 0) is 36.6 Å². The fourth-order valence-corrected chi connectivity index (χ4v) is 2.60. The molecule has 2 nitrogen and oxygen atoms in total. The molecule has 1 saturated heterocycles. The molecule has 1 heterocycles. The molecule has 2 N–H and O–H groups in total. The van der Waals surface area contributed by atoms with Crippen molar-refractivity contribution < 1.29 is 5.11 Å². The van der Waals surface area contributed by atoms with E-state index in [0.29, 0.717) is 11.7 Å². The van der Waals surface area contributed by atoms with Crippen molar-refractivity contribution in [2.24, 2.45) is 5.92 Å². The quantitative estimate of drug-likeness (QED) is 0.776. The first-order valence-corrected chi connectivity index (χ1v) is 5.65. The maximum absolute atomic E-state index is 9.55. The summed E-state index contributed by atoms with van der Waals surface area (Å²) in [4.78, 5) is 0. The highest BCUT2D eigenvalue weighted by Crippen LogP contribution is 2.38. The van der Waals surface area contributed by atoms with E-state index in [1.165, 1.54) is 5.56 Å². The molecule has 2 rings (SSSR count). The van der Waals surface area contributed by atoms with Gasteiger partial charge in [0, 0.05) is 12.0 Å². The van der Waals surface area contributed by atoms with Crippen molar-refractivity contribution in [3.63, 3.8) is 0 Å². The van der Waals surface area contributed by atoms with E-state index in [9.17, 15) is 5.11 Å². The van der Waals surface area contributed by atoms with Crippen molar-refractivity contribution >= 4 is 0 Å². The van der Waals surface area contributed by atoms with Crippen LogP contribution < -0.4 is 5.32 Å². The first-order chi connectivity index (χ1) is 7.15. The van der Waals surface area contributed by atoms with Gasteiger partial charge in [-0.2, -0.15) is 0 Å². The molecular formula is C13H19NO. The third-order valence-electron chi connectivity index (χ3n) is 3.71. The topological polar surface area (TPSA) is 32.3 Å². The number of rotatable bonds is 2. The first-order valence-electron chi connectivity index (χ1n) is 5.65. The Kier molecular flexibility index (Phi) is 2.70. The first kappa shape index (κ1) is 10.5. The lowest BCUT2D eigenvalue weighted by molar-refractivity contribution is 0.335. The SMILES string of the molecule is CC(C)C1(c2cccc(O)c2)CCNC1. The zero-order valence-electron chi connectivity index (χ0n) is 9.46. The largest absolute Gasteiger partial charge is 0.508 e. The molecular weight excluding hydrogens is 186 g/mol. The van der Waals surface area contributed by atoms with Crippen molar-refractivity contribution in [3.8, 4) is 5.75 Å². The van der Waals surface area contributed by atoms with E-state index in [-0.39, 0.29) is 5.41 Å². The van der Waals surface area contributed by atoms with Crippen LogP contribution in [0.15, 0.2) is 24.3 Å². The lowest BCUT2D eigenvalue weighted by atomic mass is 9.71. The minimum absolute atomic E-state index is 0.207. The Balaban J connectivity index is 2.41. The lowest BCUT2D eigenvalue weighted by Crippen LogP contribution is -2.34. The number of aromatic hydroxyl groups is 1. The van der Waals surface area contributed by atoms with Gasteiger partial charge < -0.3 is 10.4 Å². The molecule has 0 aromatic heterocycles. The second-order valence-electron chi connectivity index (χ2n) is 4.79. The van der Waals surface area contributed by atoms with Gasteiger partial charge in [-0.3, -0.25) is 0 Å². The predicted octanol–water partition coefficient (Wildman–Crippen LogP) is 2.28. The molecule has 0 saturated carbocycles. The molecule has 0 aliphatic carbocycles. The van der Waals surface area contributed by atoms with Crippen molar-refractivity contribution in [3.05, 3.63) is 29.8 Å². The summed E-state index contributed by atoms with van der Waals surface area (Å²) in [6, 6.07) is 7.72. The highest BCUT2D eigenvalue weighted by Gasteiger charge is 2.38. The summed E-state index contributed by atoms with van der Waals surface area (Å²) in [5.74, 6) is 0.966. The van der Waals surface area contributed by atoms with Gasteiger partial charge >= 0.3 is 0 Å². The van der Waals surface area contributed by atoms with E-state index in [1.807, 2.05) is 12.1 Å². The van der Waals surface area contributed by atoms with Crippen LogP contribution in [0.3, 0.4) is 0 Å². The Labute approximate surface area is 91.3 Å². The molecule has 15 heavy (non-hydrogen) atoms. The summed E-state index contributed by atoms with van der Waals surface area (Å²) >= 11 is 0. The van der Waals surface area contributed by atoms with E-state index in [4.69, 9.17) is 0 Å². The molecule has 0 bridgehead atoms. The summed E-state index contributed by atoms with van der Waals surface area (Å²) in [7, 11) is 0. The monoisotopic (exact) mass is 205 g/mol. The molecule has 1 aromatic carbocycles. The van der Waals surface area contributed by atoms with Crippen molar-refractivity contribution in [1.29, 1.82) is 0 Å². The van der Waals surface area contributed by atoms with Crippen molar-refractivity contribution in [1.82, 2.24) is 5.32 Å². The molecule has 1 fully saturated rings. The standard InChI is InChI=1S/C13H19NO/c1-10(2)13(6-7-14-9-13)11-4-3-5-12(15)8-11/h3-5,8,10,14-15H,6-7,9H2,1-2H3. The van der Waals surface area contributed by atoms with Gasteiger partial charge in [0.25, 0.3) is 0 Å². The second kappa shape index (κ2) is 3.86. The Morgan fingerprint density at radius 2 is 2.20 bits per heavy atom. The fourth-order valence-electron chi connectivity index (χ4n) is 2.60. The van der Waals surface area contributed by atoms with E-state index in [0.717, 1.165) is 19.5 Å². The van der Waals surface area contributed by atoms with Crippen LogP contribution in [-0.2, 0) is 5.41 Å². The van der Waals surface area contributed by atoms with E-state index in [2.05, 4.69) is 25.2 Å². The van der Waals surface area contributed by atoms with Gasteiger partial charge in [-0.1, -0.05) is 26.0 Å². The van der Waals surface area contributed by atoms with Gasteiger partial charge in [0.2, 0.25) is 0 Å². The van der Waals surface area contributed by atoms with Crippen LogP contribution in [-0.4, -0.2) is 18.2 Å². The number of hydrogen-bond acceptors (Lipinski definition) is 2. The molecule has 0 radical (unpaired) electrons. The third kappa shape index (κ3) is 1.74. The molecule has 0 spiro atoms. The van der Waals surface area contributed by atoms with Crippen LogP contribution in [0, 0.1) is 5.92 Å². The van der Waals surface area contributed by atoms with Gasteiger partial charge in [0.1, 0.15) is 5.75 Å². The number of phenolic OH excluding ortho intramolecular Hbond substituents is 1. The molecule has 1 aromatic rings. The minimum atomic E-state index is 0.207. The van der Waals surface area contributed by atoms with Crippen LogP contribution in [0.4, 0.5) is 0 Å². The second-order valence-corrected chi connectivity index (χ2v) is 4.79. The summed E-state index contributed by atoms with van der Waals surface area (Å²) in [6.45, 7) is 6.62. The van der Waals surface area contributed by atoms with E-state index < -0.39 is 0 Å². The average Bonchev–Trinajstić information content (AvgIpc) is 2.67. The minimum Gasteiger partial charge on any atom is -0.508 e. The number of phenols is 1. The Hall–Kier alpha value is -1.02. The lowest BCUT2D eigenvalue weighted by Gasteiger charge is -2.33. The Morgan fingerprint density at radius 3 is 2.73 bits per heavy atom. The molecule has 1 aliphatic rings. The normalized spacial score (nSPS) is 26.1. The average molecular weight is 205 g/mol. The zero-order valence-corrected chi connectivity index (χ0v) is 9.46.